The highest BCUT2D eigenvalue weighted by molar-refractivity contribution is 7.12. The quantitative estimate of drug-likeness (QED) is 0.890. The third kappa shape index (κ3) is 2.75. The fourth-order valence-corrected chi connectivity index (χ4v) is 2.10. The van der Waals surface area contributed by atoms with Crippen LogP contribution in [-0.4, -0.2) is 18.9 Å². The second kappa shape index (κ2) is 5.46. The summed E-state index contributed by atoms with van der Waals surface area (Å²) >= 11 is 1.37. The number of hydrogen-bond acceptors (Lipinski definition) is 3. The third-order valence-corrected chi connectivity index (χ3v) is 3.22. The van der Waals surface area contributed by atoms with Crippen LogP contribution in [0.3, 0.4) is 0 Å². The monoisotopic (exact) mass is 260 g/mol. The Morgan fingerprint density at radius 2 is 1.94 bits per heavy atom. The summed E-state index contributed by atoms with van der Waals surface area (Å²) < 4.78 is 0. The Morgan fingerprint density at radius 1 is 1.11 bits per heavy atom. The molecule has 18 heavy (non-hydrogen) atoms. The predicted octanol–water partition coefficient (Wildman–Crippen LogP) is 2.36. The second-order valence-corrected chi connectivity index (χ2v) is 4.54. The number of thiophene rings is 1. The van der Waals surface area contributed by atoms with E-state index in [0.29, 0.717) is 16.1 Å². The Morgan fingerprint density at radius 3 is 2.61 bits per heavy atom. The molecule has 1 aromatic heterocycles. The Kier molecular flexibility index (Phi) is 3.74. The standard InChI is InChI=1S/C13H12N2O2S/c1-14-12(16)9-4-2-5-10(8-9)15-13(17)11-6-3-7-18-11/h2-8H,1H3,(H,14,16)(H,15,17). The van der Waals surface area contributed by atoms with E-state index in [1.54, 1.807) is 37.4 Å². The van der Waals surface area contributed by atoms with E-state index in [-0.39, 0.29) is 11.8 Å². The van der Waals surface area contributed by atoms with Gasteiger partial charge in [0.1, 0.15) is 0 Å². The lowest BCUT2D eigenvalue weighted by molar-refractivity contribution is 0.0961. The molecule has 1 heterocycles. The number of carbonyl (C=O) groups is 2. The van der Waals surface area contributed by atoms with Crippen molar-refractivity contribution in [1.82, 2.24) is 5.32 Å². The number of carbonyl (C=O) groups excluding carboxylic acids is 2. The number of anilines is 1. The fraction of sp³-hybridized carbons (Fsp3) is 0.0769. The van der Waals surface area contributed by atoms with Gasteiger partial charge in [0.25, 0.3) is 11.8 Å². The SMILES string of the molecule is CNC(=O)c1cccc(NC(=O)c2cccs2)c1. The maximum Gasteiger partial charge on any atom is 0.265 e. The van der Waals surface area contributed by atoms with Gasteiger partial charge in [0.2, 0.25) is 0 Å². The molecule has 0 fully saturated rings. The number of amides is 2. The average Bonchev–Trinajstić information content (AvgIpc) is 2.92. The highest BCUT2D eigenvalue weighted by atomic mass is 32.1. The normalized spacial score (nSPS) is 9.83. The Balaban J connectivity index is 2.15. The maximum atomic E-state index is 11.8. The molecule has 0 unspecified atom stereocenters. The summed E-state index contributed by atoms with van der Waals surface area (Å²) in [5.41, 5.74) is 1.12. The third-order valence-electron chi connectivity index (χ3n) is 2.35. The van der Waals surface area contributed by atoms with Gasteiger partial charge in [0.15, 0.2) is 0 Å². The minimum absolute atomic E-state index is 0.168. The van der Waals surface area contributed by atoms with Crippen molar-refractivity contribution in [2.75, 3.05) is 12.4 Å². The minimum Gasteiger partial charge on any atom is -0.355 e. The van der Waals surface area contributed by atoms with Crippen molar-refractivity contribution in [3.63, 3.8) is 0 Å². The first-order valence-electron chi connectivity index (χ1n) is 5.37. The average molecular weight is 260 g/mol. The first-order valence-corrected chi connectivity index (χ1v) is 6.25. The smallest absolute Gasteiger partial charge is 0.265 e. The van der Waals surface area contributed by atoms with E-state index < -0.39 is 0 Å². The van der Waals surface area contributed by atoms with Gasteiger partial charge in [-0.15, -0.1) is 11.3 Å². The zero-order chi connectivity index (χ0) is 13.0. The molecule has 0 aliphatic rings. The van der Waals surface area contributed by atoms with E-state index >= 15 is 0 Å². The van der Waals surface area contributed by atoms with Crippen LogP contribution in [0.15, 0.2) is 41.8 Å². The van der Waals surface area contributed by atoms with Crippen LogP contribution in [0.1, 0.15) is 20.0 Å². The molecule has 0 atom stereocenters. The zero-order valence-electron chi connectivity index (χ0n) is 9.77. The molecule has 0 spiro atoms. The van der Waals surface area contributed by atoms with Crippen molar-refractivity contribution in [2.24, 2.45) is 0 Å². The summed E-state index contributed by atoms with van der Waals surface area (Å²) in [5, 5.41) is 7.14. The molecule has 0 saturated carbocycles. The summed E-state index contributed by atoms with van der Waals surface area (Å²) in [6.45, 7) is 0. The van der Waals surface area contributed by atoms with Crippen LogP contribution in [-0.2, 0) is 0 Å². The zero-order valence-corrected chi connectivity index (χ0v) is 10.6. The van der Waals surface area contributed by atoms with Gasteiger partial charge in [-0.05, 0) is 29.6 Å². The van der Waals surface area contributed by atoms with Crippen molar-refractivity contribution in [2.45, 2.75) is 0 Å². The molecule has 4 nitrogen and oxygen atoms in total. The highest BCUT2D eigenvalue weighted by Crippen LogP contribution is 2.14. The maximum absolute atomic E-state index is 11.8. The Hall–Kier alpha value is -2.14. The first-order chi connectivity index (χ1) is 8.70. The molecular weight excluding hydrogens is 248 g/mol. The lowest BCUT2D eigenvalue weighted by atomic mass is 10.2. The van der Waals surface area contributed by atoms with Crippen LogP contribution >= 0.6 is 11.3 Å². The van der Waals surface area contributed by atoms with E-state index in [9.17, 15) is 9.59 Å². The molecule has 1 aromatic carbocycles. The summed E-state index contributed by atoms with van der Waals surface area (Å²) in [4.78, 5) is 23.9. The Labute approximate surface area is 109 Å². The summed E-state index contributed by atoms with van der Waals surface area (Å²) in [6, 6.07) is 10.4. The van der Waals surface area contributed by atoms with Gasteiger partial charge < -0.3 is 10.6 Å². The van der Waals surface area contributed by atoms with Crippen LogP contribution < -0.4 is 10.6 Å². The van der Waals surface area contributed by atoms with Crippen LogP contribution in [0.25, 0.3) is 0 Å². The van der Waals surface area contributed by atoms with Gasteiger partial charge in [0, 0.05) is 18.3 Å². The molecule has 5 heteroatoms. The summed E-state index contributed by atoms with van der Waals surface area (Å²) in [7, 11) is 1.57. The van der Waals surface area contributed by atoms with Crippen molar-refractivity contribution in [3.05, 3.63) is 52.2 Å². The fourth-order valence-electron chi connectivity index (χ4n) is 1.48. The molecule has 2 aromatic rings. The number of hydrogen-bond donors (Lipinski definition) is 2. The van der Waals surface area contributed by atoms with Crippen LogP contribution in [0.5, 0.6) is 0 Å². The van der Waals surface area contributed by atoms with Crippen LogP contribution in [0.4, 0.5) is 5.69 Å². The summed E-state index contributed by atoms with van der Waals surface area (Å²) in [5.74, 6) is -0.346. The van der Waals surface area contributed by atoms with E-state index in [1.165, 1.54) is 11.3 Å². The molecule has 92 valence electrons. The molecule has 2 N–H and O–H groups in total. The molecule has 0 saturated heterocycles. The molecular formula is C13H12N2O2S. The second-order valence-electron chi connectivity index (χ2n) is 3.59. The van der Waals surface area contributed by atoms with E-state index in [2.05, 4.69) is 10.6 Å². The van der Waals surface area contributed by atoms with Gasteiger partial charge in [-0.25, -0.2) is 0 Å². The molecule has 2 rings (SSSR count). The summed E-state index contributed by atoms with van der Waals surface area (Å²) in [6.07, 6.45) is 0. The number of rotatable bonds is 3. The largest absolute Gasteiger partial charge is 0.355 e. The predicted molar refractivity (Wildman–Crippen MR) is 72.1 cm³/mol. The highest BCUT2D eigenvalue weighted by Gasteiger charge is 2.08. The molecule has 0 aliphatic heterocycles. The van der Waals surface area contributed by atoms with E-state index in [4.69, 9.17) is 0 Å². The first kappa shape index (κ1) is 12.3. The minimum atomic E-state index is -0.178. The van der Waals surface area contributed by atoms with Gasteiger partial charge in [0.05, 0.1) is 4.88 Å². The Bertz CT molecular complexity index is 564. The van der Waals surface area contributed by atoms with E-state index in [0.717, 1.165) is 0 Å². The van der Waals surface area contributed by atoms with Gasteiger partial charge in [-0.1, -0.05) is 12.1 Å². The van der Waals surface area contributed by atoms with Crippen molar-refractivity contribution < 1.29 is 9.59 Å². The molecule has 0 bridgehead atoms. The van der Waals surface area contributed by atoms with Gasteiger partial charge in [-0.2, -0.15) is 0 Å². The molecule has 0 aliphatic carbocycles. The van der Waals surface area contributed by atoms with Crippen LogP contribution in [0.2, 0.25) is 0 Å². The van der Waals surface area contributed by atoms with Gasteiger partial charge >= 0.3 is 0 Å². The number of nitrogens with one attached hydrogen (secondary N) is 2. The van der Waals surface area contributed by atoms with Crippen molar-refractivity contribution >= 4 is 28.8 Å². The number of benzene rings is 1. The van der Waals surface area contributed by atoms with Gasteiger partial charge in [-0.3, -0.25) is 9.59 Å². The lowest BCUT2D eigenvalue weighted by Gasteiger charge is -2.05. The van der Waals surface area contributed by atoms with Crippen molar-refractivity contribution in [1.29, 1.82) is 0 Å². The molecule has 0 radical (unpaired) electrons. The molecule has 2 amide bonds. The van der Waals surface area contributed by atoms with Crippen molar-refractivity contribution in [3.8, 4) is 0 Å². The van der Waals surface area contributed by atoms with E-state index in [1.807, 2.05) is 11.4 Å². The van der Waals surface area contributed by atoms with Crippen LogP contribution in [0, 0.1) is 0 Å². The lowest BCUT2D eigenvalue weighted by Crippen LogP contribution is -2.18. The topological polar surface area (TPSA) is 58.2 Å².